The number of carbonyl (C=O) groups is 3. The summed E-state index contributed by atoms with van der Waals surface area (Å²) in [6.07, 6.45) is -1.51. The maximum absolute atomic E-state index is 12.3. The average molecular weight is 498 g/mol. The third kappa shape index (κ3) is 10.3. The highest BCUT2D eigenvalue weighted by atomic mass is 16.6. The highest BCUT2D eigenvalue weighted by Gasteiger charge is 2.18. The molecule has 0 spiro atoms. The number of amides is 1. The maximum atomic E-state index is 12.3. The first-order valence-electron chi connectivity index (χ1n) is 11.2. The second-order valence-corrected chi connectivity index (χ2v) is 7.77. The van der Waals surface area contributed by atoms with Gasteiger partial charge in [0.1, 0.15) is 37.9 Å². The molecular weight excluding hydrogens is 466 g/mol. The van der Waals surface area contributed by atoms with E-state index in [0.717, 1.165) is 0 Å². The number of ether oxygens (including phenoxy) is 5. The van der Waals surface area contributed by atoms with Gasteiger partial charge in [0.25, 0.3) is 0 Å². The molecule has 0 aliphatic heterocycles. The molecular formula is C27H31NO8. The molecule has 9 nitrogen and oxygen atoms in total. The van der Waals surface area contributed by atoms with E-state index in [9.17, 15) is 14.4 Å². The molecule has 2 aromatic rings. The number of benzene rings is 2. The van der Waals surface area contributed by atoms with Crippen molar-refractivity contribution in [3.63, 3.8) is 0 Å². The van der Waals surface area contributed by atoms with Crippen molar-refractivity contribution in [1.82, 2.24) is 5.32 Å². The van der Waals surface area contributed by atoms with Crippen molar-refractivity contribution >= 4 is 18.0 Å². The molecule has 2 aromatic carbocycles. The number of carbonyl (C=O) groups excluding carboxylic acids is 3. The van der Waals surface area contributed by atoms with Crippen molar-refractivity contribution in [3.8, 4) is 11.5 Å². The van der Waals surface area contributed by atoms with Gasteiger partial charge in [-0.25, -0.2) is 14.4 Å². The van der Waals surface area contributed by atoms with Crippen LogP contribution in [0.3, 0.4) is 0 Å². The lowest BCUT2D eigenvalue weighted by Gasteiger charge is -2.20. The van der Waals surface area contributed by atoms with E-state index in [0.29, 0.717) is 22.6 Å². The molecule has 0 aromatic heterocycles. The van der Waals surface area contributed by atoms with Crippen LogP contribution in [0.1, 0.15) is 19.4 Å². The van der Waals surface area contributed by atoms with Crippen LogP contribution >= 0.6 is 0 Å². The van der Waals surface area contributed by atoms with Gasteiger partial charge in [-0.15, -0.1) is 0 Å². The van der Waals surface area contributed by atoms with Crippen molar-refractivity contribution in [2.75, 3.05) is 26.4 Å². The van der Waals surface area contributed by atoms with Crippen LogP contribution in [0.15, 0.2) is 78.9 Å². The van der Waals surface area contributed by atoms with Crippen LogP contribution in [0.4, 0.5) is 4.79 Å². The fraction of sp³-hybridized carbons (Fsp3) is 0.296. The minimum atomic E-state index is -0.783. The monoisotopic (exact) mass is 497 g/mol. The summed E-state index contributed by atoms with van der Waals surface area (Å²) in [6, 6.07) is 16.1. The first kappa shape index (κ1) is 28.0. The number of rotatable bonds is 14. The van der Waals surface area contributed by atoms with E-state index in [1.165, 1.54) is 6.92 Å². The van der Waals surface area contributed by atoms with Gasteiger partial charge in [-0.3, -0.25) is 0 Å². The zero-order chi connectivity index (χ0) is 26.3. The van der Waals surface area contributed by atoms with Gasteiger partial charge < -0.3 is 29.0 Å². The van der Waals surface area contributed by atoms with Crippen LogP contribution in [-0.4, -0.2) is 50.5 Å². The van der Waals surface area contributed by atoms with Gasteiger partial charge >= 0.3 is 18.0 Å². The maximum Gasteiger partial charge on any atom is 0.407 e. The first-order chi connectivity index (χ1) is 17.3. The number of alkyl carbamates (subject to hydrolysis) is 1. The summed E-state index contributed by atoms with van der Waals surface area (Å²) in [7, 11) is 0. The van der Waals surface area contributed by atoms with Gasteiger partial charge in [0, 0.05) is 16.7 Å². The van der Waals surface area contributed by atoms with E-state index in [-0.39, 0.29) is 38.5 Å². The minimum Gasteiger partial charge on any atom is -0.490 e. The van der Waals surface area contributed by atoms with Crippen molar-refractivity contribution < 1.29 is 38.1 Å². The van der Waals surface area contributed by atoms with E-state index < -0.39 is 24.1 Å². The van der Waals surface area contributed by atoms with Crippen LogP contribution in [0.2, 0.25) is 0 Å². The van der Waals surface area contributed by atoms with Crippen molar-refractivity contribution in [2.24, 2.45) is 0 Å². The quantitative estimate of drug-likeness (QED) is 0.181. The normalized spacial score (nSPS) is 10.9. The highest BCUT2D eigenvalue weighted by molar-refractivity contribution is 5.87. The lowest BCUT2D eigenvalue weighted by atomic mass is 10.2. The van der Waals surface area contributed by atoms with E-state index in [4.69, 9.17) is 23.7 Å². The van der Waals surface area contributed by atoms with Gasteiger partial charge in [0.2, 0.25) is 0 Å². The predicted molar refractivity (Wildman–Crippen MR) is 133 cm³/mol. The van der Waals surface area contributed by atoms with E-state index in [1.807, 2.05) is 18.2 Å². The molecule has 1 N–H and O–H groups in total. The summed E-state index contributed by atoms with van der Waals surface area (Å²) >= 11 is 0. The summed E-state index contributed by atoms with van der Waals surface area (Å²) in [5.74, 6) is 0.0194. The number of esters is 2. The Morgan fingerprint density at radius 3 is 2.14 bits per heavy atom. The molecule has 0 radical (unpaired) electrons. The van der Waals surface area contributed by atoms with Gasteiger partial charge in [-0.05, 0) is 32.0 Å². The Labute approximate surface area is 210 Å². The second-order valence-electron chi connectivity index (χ2n) is 7.77. The van der Waals surface area contributed by atoms with Crippen LogP contribution in [0.5, 0.6) is 11.5 Å². The zero-order valence-electron chi connectivity index (χ0n) is 20.5. The molecule has 0 aliphatic rings. The standard InChI is InChI=1S/C27H31NO8/c1-19(2)25(29)32-15-14-28-27(31)36-23(17-33-22-11-6-5-7-12-22)18-34-24-13-9-8-10-21(24)16-35-26(30)20(3)4/h5-13,23H,1,3,14-18H2,2,4H3,(H,28,31). The number of para-hydroxylation sites is 2. The molecule has 1 unspecified atom stereocenters. The molecule has 192 valence electrons. The third-order valence-corrected chi connectivity index (χ3v) is 4.51. The Kier molecular flexibility index (Phi) is 11.6. The fourth-order valence-electron chi connectivity index (χ4n) is 2.65. The van der Waals surface area contributed by atoms with E-state index in [2.05, 4.69) is 18.5 Å². The van der Waals surface area contributed by atoms with Crippen LogP contribution in [0.25, 0.3) is 0 Å². The van der Waals surface area contributed by atoms with Gasteiger partial charge in [0.05, 0.1) is 6.54 Å². The van der Waals surface area contributed by atoms with Crippen LogP contribution < -0.4 is 14.8 Å². The highest BCUT2D eigenvalue weighted by Crippen LogP contribution is 2.20. The number of nitrogens with one attached hydrogen (secondary N) is 1. The molecule has 0 saturated carbocycles. The lowest BCUT2D eigenvalue weighted by molar-refractivity contribution is -0.140. The van der Waals surface area contributed by atoms with Gasteiger partial charge in [-0.2, -0.15) is 0 Å². The van der Waals surface area contributed by atoms with Crippen molar-refractivity contribution in [1.29, 1.82) is 0 Å². The molecule has 2 rings (SSSR count). The largest absolute Gasteiger partial charge is 0.490 e. The zero-order valence-corrected chi connectivity index (χ0v) is 20.5. The lowest BCUT2D eigenvalue weighted by Crippen LogP contribution is -2.37. The number of hydrogen-bond donors (Lipinski definition) is 1. The van der Waals surface area contributed by atoms with Crippen molar-refractivity contribution in [3.05, 3.63) is 84.5 Å². The Morgan fingerprint density at radius 1 is 0.833 bits per heavy atom. The SMILES string of the molecule is C=C(C)C(=O)OCCNC(=O)OC(COc1ccccc1)COc1ccccc1COC(=O)C(=C)C. The third-order valence-electron chi connectivity index (χ3n) is 4.51. The first-order valence-corrected chi connectivity index (χ1v) is 11.2. The molecule has 36 heavy (non-hydrogen) atoms. The summed E-state index contributed by atoms with van der Waals surface area (Å²) in [6.45, 7) is 10.2. The second kappa shape index (κ2) is 14.9. The topological polar surface area (TPSA) is 109 Å². The molecule has 0 saturated heterocycles. The fourth-order valence-corrected chi connectivity index (χ4v) is 2.65. The Morgan fingerprint density at radius 2 is 1.44 bits per heavy atom. The average Bonchev–Trinajstić information content (AvgIpc) is 2.87. The summed E-state index contributed by atoms with van der Waals surface area (Å²) in [4.78, 5) is 35.5. The number of hydrogen-bond acceptors (Lipinski definition) is 8. The molecule has 9 heteroatoms. The predicted octanol–water partition coefficient (Wildman–Crippen LogP) is 3.98. The van der Waals surface area contributed by atoms with E-state index in [1.54, 1.807) is 43.3 Å². The Balaban J connectivity index is 1.96. The molecule has 1 amide bonds. The molecule has 0 fully saturated rings. The van der Waals surface area contributed by atoms with Gasteiger partial charge in [-0.1, -0.05) is 49.6 Å². The summed E-state index contributed by atoms with van der Waals surface area (Å²) < 4.78 is 27.2. The van der Waals surface area contributed by atoms with Crippen molar-refractivity contribution in [2.45, 2.75) is 26.6 Å². The Hall–Kier alpha value is -4.27. The molecule has 0 heterocycles. The van der Waals surface area contributed by atoms with Crippen LogP contribution in [0, 0.1) is 0 Å². The summed E-state index contributed by atoms with van der Waals surface area (Å²) in [5, 5.41) is 2.51. The molecule has 1 atom stereocenters. The summed E-state index contributed by atoms with van der Waals surface area (Å²) in [5.41, 5.74) is 1.20. The smallest absolute Gasteiger partial charge is 0.407 e. The minimum absolute atomic E-state index is 0.00268. The Bertz CT molecular complexity index is 1050. The van der Waals surface area contributed by atoms with Gasteiger partial charge in [0.15, 0.2) is 6.10 Å². The van der Waals surface area contributed by atoms with Crippen LogP contribution in [-0.2, 0) is 30.4 Å². The molecule has 0 aliphatic carbocycles. The van der Waals surface area contributed by atoms with E-state index >= 15 is 0 Å². The molecule has 0 bridgehead atoms.